The van der Waals surface area contributed by atoms with Gasteiger partial charge in [0.15, 0.2) is 0 Å². The molecular formula is C25H32Cl2N2O3. The van der Waals surface area contributed by atoms with Gasteiger partial charge in [0, 0.05) is 35.5 Å². The third-order valence-electron chi connectivity index (χ3n) is 6.12. The molecule has 32 heavy (non-hydrogen) atoms. The number of ether oxygens (including phenoxy) is 2. The smallest absolute Gasteiger partial charge is 0.235 e. The Morgan fingerprint density at radius 3 is 2.41 bits per heavy atom. The van der Waals surface area contributed by atoms with Crippen molar-refractivity contribution >= 4 is 34.8 Å². The van der Waals surface area contributed by atoms with Gasteiger partial charge in [-0.15, -0.1) is 0 Å². The normalized spacial score (nSPS) is 15.5. The summed E-state index contributed by atoms with van der Waals surface area (Å²) in [5.41, 5.74) is 0.762. The van der Waals surface area contributed by atoms with Crippen LogP contribution in [0.5, 0.6) is 5.75 Å². The first-order chi connectivity index (χ1) is 15.5. The molecule has 1 amide bonds. The first kappa shape index (κ1) is 24.8. The van der Waals surface area contributed by atoms with Gasteiger partial charge in [0.2, 0.25) is 5.91 Å². The van der Waals surface area contributed by atoms with Gasteiger partial charge in [-0.3, -0.25) is 4.79 Å². The molecule has 1 saturated heterocycles. The number of benzene rings is 2. The van der Waals surface area contributed by atoms with Crippen molar-refractivity contribution in [3.63, 3.8) is 0 Å². The number of nitrogens with one attached hydrogen (secondary N) is 1. The first-order valence-electron chi connectivity index (χ1n) is 11.3. The molecule has 1 aliphatic rings. The van der Waals surface area contributed by atoms with Crippen LogP contribution in [-0.4, -0.2) is 50.3 Å². The Labute approximate surface area is 201 Å². The molecular weight excluding hydrogens is 447 g/mol. The number of anilines is 1. The standard InChI is InChI=1S/C25H32Cl2N2O3/c1-3-29(4-2)14-5-15-32-21-9-7-20(8-10-21)28-24(30)25(12-16-31-17-13-25)22-11-6-19(26)18-23(22)27/h6-11,18H,3-5,12-17H2,1-2H3,(H,28,30). The molecule has 1 N–H and O–H groups in total. The summed E-state index contributed by atoms with van der Waals surface area (Å²) in [5.74, 6) is 0.710. The zero-order chi connectivity index (χ0) is 23.0. The van der Waals surface area contributed by atoms with Gasteiger partial charge >= 0.3 is 0 Å². The van der Waals surface area contributed by atoms with E-state index < -0.39 is 5.41 Å². The predicted molar refractivity (Wildman–Crippen MR) is 131 cm³/mol. The van der Waals surface area contributed by atoms with Crippen molar-refractivity contribution in [1.29, 1.82) is 0 Å². The summed E-state index contributed by atoms with van der Waals surface area (Å²) in [6.45, 7) is 9.16. The highest BCUT2D eigenvalue weighted by Gasteiger charge is 2.43. The van der Waals surface area contributed by atoms with Crippen LogP contribution in [-0.2, 0) is 14.9 Å². The number of rotatable bonds is 10. The third kappa shape index (κ3) is 6.16. The molecule has 174 valence electrons. The maximum Gasteiger partial charge on any atom is 0.235 e. The Morgan fingerprint density at radius 2 is 1.78 bits per heavy atom. The van der Waals surface area contributed by atoms with Crippen LogP contribution in [0.3, 0.4) is 0 Å². The molecule has 1 fully saturated rings. The first-order valence-corrected chi connectivity index (χ1v) is 12.0. The van der Waals surface area contributed by atoms with Gasteiger partial charge in [0.25, 0.3) is 0 Å². The molecule has 0 aliphatic carbocycles. The van der Waals surface area contributed by atoms with Crippen LogP contribution >= 0.6 is 23.2 Å². The number of halogens is 2. The van der Waals surface area contributed by atoms with Gasteiger partial charge < -0.3 is 19.7 Å². The van der Waals surface area contributed by atoms with E-state index in [0.717, 1.165) is 43.1 Å². The number of carbonyl (C=O) groups is 1. The number of nitrogens with zero attached hydrogens (tertiary/aromatic N) is 1. The summed E-state index contributed by atoms with van der Waals surface area (Å²) in [7, 11) is 0. The largest absolute Gasteiger partial charge is 0.494 e. The Kier molecular flexibility index (Phi) is 9.23. The minimum Gasteiger partial charge on any atom is -0.494 e. The van der Waals surface area contributed by atoms with Gasteiger partial charge in [-0.25, -0.2) is 0 Å². The van der Waals surface area contributed by atoms with Crippen LogP contribution in [0.2, 0.25) is 10.0 Å². The highest BCUT2D eigenvalue weighted by molar-refractivity contribution is 6.35. The SMILES string of the molecule is CCN(CC)CCCOc1ccc(NC(=O)C2(c3ccc(Cl)cc3Cl)CCOCC2)cc1. The van der Waals surface area contributed by atoms with Crippen molar-refractivity contribution in [3.05, 3.63) is 58.1 Å². The maximum atomic E-state index is 13.4. The highest BCUT2D eigenvalue weighted by atomic mass is 35.5. The monoisotopic (exact) mass is 478 g/mol. The molecule has 2 aromatic rings. The predicted octanol–water partition coefficient (Wildman–Crippen LogP) is 5.79. The molecule has 0 radical (unpaired) electrons. The molecule has 0 atom stereocenters. The lowest BCUT2D eigenvalue weighted by Gasteiger charge is -2.36. The molecule has 2 aromatic carbocycles. The second-order valence-electron chi connectivity index (χ2n) is 8.03. The van der Waals surface area contributed by atoms with E-state index in [4.69, 9.17) is 32.7 Å². The molecule has 1 heterocycles. The Hall–Kier alpha value is -1.79. The average Bonchev–Trinajstić information content (AvgIpc) is 2.80. The van der Waals surface area contributed by atoms with Crippen molar-refractivity contribution in [2.75, 3.05) is 44.8 Å². The second-order valence-corrected chi connectivity index (χ2v) is 8.87. The maximum absolute atomic E-state index is 13.4. The summed E-state index contributed by atoms with van der Waals surface area (Å²) in [5, 5.41) is 4.12. The molecule has 5 nitrogen and oxygen atoms in total. The van der Waals surface area contributed by atoms with E-state index in [1.165, 1.54) is 0 Å². The van der Waals surface area contributed by atoms with Crippen LogP contribution in [0.4, 0.5) is 5.69 Å². The molecule has 0 unspecified atom stereocenters. The zero-order valence-corrected chi connectivity index (χ0v) is 20.3. The molecule has 1 aliphatic heterocycles. The Morgan fingerprint density at radius 1 is 1.09 bits per heavy atom. The van der Waals surface area contributed by atoms with Crippen LogP contribution in [0.15, 0.2) is 42.5 Å². The molecule has 3 rings (SSSR count). The van der Waals surface area contributed by atoms with Crippen LogP contribution in [0.1, 0.15) is 38.7 Å². The fourth-order valence-electron chi connectivity index (χ4n) is 4.12. The van der Waals surface area contributed by atoms with Gasteiger partial charge in [0.1, 0.15) is 5.75 Å². The van der Waals surface area contributed by atoms with E-state index in [-0.39, 0.29) is 5.91 Å². The minimum absolute atomic E-state index is 0.0853. The Bertz CT molecular complexity index is 879. The van der Waals surface area contributed by atoms with Gasteiger partial charge in [-0.1, -0.05) is 43.1 Å². The summed E-state index contributed by atoms with van der Waals surface area (Å²) in [6, 6.07) is 12.8. The summed E-state index contributed by atoms with van der Waals surface area (Å²) in [6.07, 6.45) is 2.11. The number of hydrogen-bond acceptors (Lipinski definition) is 4. The van der Waals surface area contributed by atoms with E-state index in [2.05, 4.69) is 24.1 Å². The van der Waals surface area contributed by atoms with Gasteiger partial charge in [0.05, 0.1) is 12.0 Å². The van der Waals surface area contributed by atoms with Crippen LogP contribution < -0.4 is 10.1 Å². The fraction of sp³-hybridized carbons (Fsp3) is 0.480. The number of carbonyl (C=O) groups excluding carboxylic acids is 1. The fourth-order valence-corrected chi connectivity index (χ4v) is 4.71. The van der Waals surface area contributed by atoms with Crippen molar-refractivity contribution in [2.24, 2.45) is 0 Å². The summed E-state index contributed by atoms with van der Waals surface area (Å²) < 4.78 is 11.4. The van der Waals surface area contributed by atoms with E-state index in [1.54, 1.807) is 12.1 Å². The van der Waals surface area contributed by atoms with Gasteiger partial charge in [-0.2, -0.15) is 0 Å². The molecule has 0 aromatic heterocycles. The van der Waals surface area contributed by atoms with Crippen LogP contribution in [0.25, 0.3) is 0 Å². The summed E-state index contributed by atoms with van der Waals surface area (Å²) in [4.78, 5) is 15.8. The van der Waals surface area contributed by atoms with Crippen molar-refractivity contribution in [3.8, 4) is 5.75 Å². The van der Waals surface area contributed by atoms with E-state index >= 15 is 0 Å². The quantitative estimate of drug-likeness (QED) is 0.439. The molecule has 7 heteroatoms. The summed E-state index contributed by atoms with van der Waals surface area (Å²) >= 11 is 12.6. The van der Waals surface area contributed by atoms with Crippen molar-refractivity contribution in [2.45, 2.75) is 38.5 Å². The molecule has 0 bridgehead atoms. The highest BCUT2D eigenvalue weighted by Crippen LogP contribution is 2.40. The van der Waals surface area contributed by atoms with E-state index in [9.17, 15) is 4.79 Å². The van der Waals surface area contributed by atoms with Crippen molar-refractivity contribution in [1.82, 2.24) is 4.90 Å². The Balaban J connectivity index is 1.64. The van der Waals surface area contributed by atoms with Crippen LogP contribution in [0, 0.1) is 0 Å². The number of hydrogen-bond donors (Lipinski definition) is 1. The average molecular weight is 479 g/mol. The lowest BCUT2D eigenvalue weighted by molar-refractivity contribution is -0.125. The molecule has 0 saturated carbocycles. The lowest BCUT2D eigenvalue weighted by atomic mass is 9.73. The third-order valence-corrected chi connectivity index (χ3v) is 6.67. The second kappa shape index (κ2) is 11.9. The molecule has 0 spiro atoms. The number of amides is 1. The van der Waals surface area contributed by atoms with Gasteiger partial charge in [-0.05, 0) is 74.3 Å². The van der Waals surface area contributed by atoms with E-state index in [1.807, 2.05) is 30.3 Å². The minimum atomic E-state index is -0.750. The zero-order valence-electron chi connectivity index (χ0n) is 18.8. The van der Waals surface area contributed by atoms with E-state index in [0.29, 0.717) is 42.7 Å². The van der Waals surface area contributed by atoms with Crippen molar-refractivity contribution < 1.29 is 14.3 Å². The topological polar surface area (TPSA) is 50.8 Å². The lowest BCUT2D eigenvalue weighted by Crippen LogP contribution is -2.45.